The zero-order valence-electron chi connectivity index (χ0n) is 9.33. The zero-order chi connectivity index (χ0) is 11.5. The van der Waals surface area contributed by atoms with Gasteiger partial charge in [-0.2, -0.15) is 0 Å². The lowest BCUT2D eigenvalue weighted by atomic mass is 9.91. The van der Waals surface area contributed by atoms with Crippen molar-refractivity contribution in [3.8, 4) is 0 Å². The Kier molecular flexibility index (Phi) is 4.16. The predicted octanol–water partition coefficient (Wildman–Crippen LogP) is 3.47. The van der Waals surface area contributed by atoms with Gasteiger partial charge in [0.1, 0.15) is 0 Å². The molecule has 1 aromatic heterocycles. The summed E-state index contributed by atoms with van der Waals surface area (Å²) in [6, 6.07) is 4.22. The molecule has 1 N–H and O–H groups in total. The van der Waals surface area contributed by atoms with E-state index >= 15 is 0 Å². The summed E-state index contributed by atoms with van der Waals surface area (Å²) in [6.45, 7) is 3.31. The van der Waals surface area contributed by atoms with Gasteiger partial charge in [-0.3, -0.25) is 4.79 Å². The van der Waals surface area contributed by atoms with E-state index in [1.807, 2.05) is 12.1 Å². The van der Waals surface area contributed by atoms with Crippen molar-refractivity contribution >= 4 is 33.0 Å². The lowest BCUT2D eigenvalue weighted by Gasteiger charge is -2.27. The number of hydrogen-bond donors (Lipinski definition) is 1. The Balaban J connectivity index is 1.92. The Labute approximate surface area is 109 Å². The summed E-state index contributed by atoms with van der Waals surface area (Å²) in [6.07, 6.45) is 2.99. The van der Waals surface area contributed by atoms with E-state index < -0.39 is 0 Å². The van der Waals surface area contributed by atoms with E-state index in [9.17, 15) is 4.79 Å². The van der Waals surface area contributed by atoms with Gasteiger partial charge in [-0.25, -0.2) is 0 Å². The Hall–Kier alpha value is -0.190. The molecule has 88 valence electrons. The van der Waals surface area contributed by atoms with Gasteiger partial charge in [0.2, 0.25) is 0 Å². The maximum absolute atomic E-state index is 12.0. The van der Waals surface area contributed by atoms with E-state index in [1.54, 1.807) is 0 Å². The van der Waals surface area contributed by atoms with Gasteiger partial charge in [-0.1, -0.05) is 6.92 Å². The number of nitrogens with one attached hydrogen (secondary N) is 1. The van der Waals surface area contributed by atoms with Crippen LogP contribution in [0.5, 0.6) is 0 Å². The molecule has 2 unspecified atom stereocenters. The van der Waals surface area contributed by atoms with Gasteiger partial charge in [0.05, 0.1) is 8.66 Å². The van der Waals surface area contributed by atoms with Gasteiger partial charge in [-0.15, -0.1) is 11.3 Å². The first-order chi connectivity index (χ1) is 7.65. The number of rotatable bonds is 3. The fourth-order valence-electron chi connectivity index (χ4n) is 2.16. The maximum Gasteiger partial charge on any atom is 0.174 e. The molecule has 0 saturated carbocycles. The maximum atomic E-state index is 12.0. The van der Waals surface area contributed by atoms with Crippen LogP contribution < -0.4 is 5.32 Å². The molecule has 2 rings (SSSR count). The highest BCUT2D eigenvalue weighted by Gasteiger charge is 2.21. The number of Topliss-reactive ketones (excluding diaryl/α,β-unsaturated/α-hetero) is 1. The van der Waals surface area contributed by atoms with Crippen LogP contribution in [0.3, 0.4) is 0 Å². The molecule has 0 amide bonds. The summed E-state index contributed by atoms with van der Waals surface area (Å²) in [4.78, 5) is 12.8. The van der Waals surface area contributed by atoms with Crippen molar-refractivity contribution in [2.45, 2.75) is 32.2 Å². The number of carbonyl (C=O) groups excluding carboxylic acids is 1. The molecule has 2 nitrogen and oxygen atoms in total. The molecular formula is C12H16BrNOS. The quantitative estimate of drug-likeness (QED) is 0.866. The molecule has 1 aromatic rings. The molecule has 0 aromatic carbocycles. The average Bonchev–Trinajstić information content (AvgIpc) is 2.65. The van der Waals surface area contributed by atoms with Crippen LogP contribution in [-0.2, 0) is 0 Å². The number of halogens is 1. The molecule has 4 heteroatoms. The predicted molar refractivity (Wildman–Crippen MR) is 71.2 cm³/mol. The van der Waals surface area contributed by atoms with Crippen LogP contribution in [0.4, 0.5) is 0 Å². The smallest absolute Gasteiger partial charge is 0.174 e. The molecule has 0 radical (unpaired) electrons. The SMILES string of the molecule is CC1CCNC(CC(=O)c2ccc(Br)s2)C1. The van der Waals surface area contributed by atoms with Crippen molar-refractivity contribution in [1.29, 1.82) is 0 Å². The van der Waals surface area contributed by atoms with Crippen molar-refractivity contribution in [2.24, 2.45) is 5.92 Å². The zero-order valence-corrected chi connectivity index (χ0v) is 11.7. The third kappa shape index (κ3) is 3.15. The number of carbonyl (C=O) groups is 1. The van der Waals surface area contributed by atoms with Crippen LogP contribution in [0.15, 0.2) is 15.9 Å². The topological polar surface area (TPSA) is 29.1 Å². The molecule has 2 atom stereocenters. The van der Waals surface area contributed by atoms with E-state index in [4.69, 9.17) is 0 Å². The molecule has 1 fully saturated rings. The fourth-order valence-corrected chi connectivity index (χ4v) is 3.50. The fraction of sp³-hybridized carbons (Fsp3) is 0.583. The minimum absolute atomic E-state index is 0.266. The summed E-state index contributed by atoms with van der Waals surface area (Å²) >= 11 is 4.91. The minimum Gasteiger partial charge on any atom is -0.314 e. The first kappa shape index (κ1) is 12.3. The number of thiophene rings is 1. The second-order valence-corrected chi connectivity index (χ2v) is 6.97. The van der Waals surface area contributed by atoms with Crippen molar-refractivity contribution in [2.75, 3.05) is 6.54 Å². The van der Waals surface area contributed by atoms with Crippen molar-refractivity contribution in [3.63, 3.8) is 0 Å². The summed E-state index contributed by atoms with van der Waals surface area (Å²) in [5, 5.41) is 3.43. The van der Waals surface area contributed by atoms with Crippen LogP contribution in [0, 0.1) is 5.92 Å². The van der Waals surface area contributed by atoms with Gasteiger partial charge < -0.3 is 5.32 Å². The van der Waals surface area contributed by atoms with Gasteiger partial charge in [0.25, 0.3) is 0 Å². The van der Waals surface area contributed by atoms with E-state index in [0.29, 0.717) is 12.5 Å². The van der Waals surface area contributed by atoms with Crippen molar-refractivity contribution in [3.05, 3.63) is 20.8 Å². The first-order valence-electron chi connectivity index (χ1n) is 5.67. The van der Waals surface area contributed by atoms with Crippen LogP contribution in [-0.4, -0.2) is 18.4 Å². The molecule has 16 heavy (non-hydrogen) atoms. The molecule has 0 bridgehead atoms. The van der Waals surface area contributed by atoms with Crippen LogP contribution in [0.1, 0.15) is 35.9 Å². The van der Waals surface area contributed by atoms with Crippen LogP contribution in [0.25, 0.3) is 0 Å². The van der Waals surface area contributed by atoms with E-state index in [2.05, 4.69) is 28.2 Å². The van der Waals surface area contributed by atoms with E-state index in [0.717, 1.165) is 27.5 Å². The number of piperidine rings is 1. The highest BCUT2D eigenvalue weighted by molar-refractivity contribution is 9.11. The largest absolute Gasteiger partial charge is 0.314 e. The van der Waals surface area contributed by atoms with E-state index in [-0.39, 0.29) is 5.78 Å². The van der Waals surface area contributed by atoms with Gasteiger partial charge in [0.15, 0.2) is 5.78 Å². The Bertz CT molecular complexity index is 377. The Morgan fingerprint density at radius 2 is 2.44 bits per heavy atom. The summed E-state index contributed by atoms with van der Waals surface area (Å²) < 4.78 is 1.03. The number of hydrogen-bond acceptors (Lipinski definition) is 3. The molecule has 1 aliphatic heterocycles. The monoisotopic (exact) mass is 301 g/mol. The average molecular weight is 302 g/mol. The molecular weight excluding hydrogens is 286 g/mol. The van der Waals surface area contributed by atoms with Gasteiger partial charge in [-0.05, 0) is 53.4 Å². The molecule has 1 saturated heterocycles. The van der Waals surface area contributed by atoms with Crippen LogP contribution in [0.2, 0.25) is 0 Å². The molecule has 2 heterocycles. The lowest BCUT2D eigenvalue weighted by Crippen LogP contribution is -2.38. The van der Waals surface area contributed by atoms with Crippen molar-refractivity contribution < 1.29 is 4.79 Å². The highest BCUT2D eigenvalue weighted by atomic mass is 79.9. The Morgan fingerprint density at radius 3 is 3.06 bits per heavy atom. The Morgan fingerprint density at radius 1 is 1.62 bits per heavy atom. The second kappa shape index (κ2) is 5.43. The standard InChI is InChI=1S/C12H16BrNOS/c1-8-4-5-14-9(6-8)7-10(15)11-2-3-12(13)16-11/h2-3,8-9,14H,4-7H2,1H3. The van der Waals surface area contributed by atoms with E-state index in [1.165, 1.54) is 17.8 Å². The first-order valence-corrected chi connectivity index (χ1v) is 7.28. The van der Waals surface area contributed by atoms with Crippen molar-refractivity contribution in [1.82, 2.24) is 5.32 Å². The summed E-state index contributed by atoms with van der Waals surface area (Å²) in [5.41, 5.74) is 0. The molecule has 1 aliphatic rings. The normalized spacial score (nSPS) is 25.6. The summed E-state index contributed by atoms with van der Waals surface area (Å²) in [7, 11) is 0. The second-order valence-electron chi connectivity index (χ2n) is 4.51. The molecule has 0 aliphatic carbocycles. The third-order valence-electron chi connectivity index (χ3n) is 3.04. The van der Waals surface area contributed by atoms with Gasteiger partial charge >= 0.3 is 0 Å². The lowest BCUT2D eigenvalue weighted by molar-refractivity contribution is 0.0963. The summed E-state index contributed by atoms with van der Waals surface area (Å²) in [5.74, 6) is 1.01. The number of ketones is 1. The third-order valence-corrected chi connectivity index (χ3v) is 4.70. The minimum atomic E-state index is 0.266. The van der Waals surface area contributed by atoms with Gasteiger partial charge in [0, 0.05) is 12.5 Å². The highest BCUT2D eigenvalue weighted by Crippen LogP contribution is 2.25. The van der Waals surface area contributed by atoms with Crippen LogP contribution >= 0.6 is 27.3 Å². The molecule has 0 spiro atoms.